The van der Waals surface area contributed by atoms with Gasteiger partial charge in [-0.2, -0.15) is 0 Å². The first-order valence-corrected chi connectivity index (χ1v) is 13.6. The molecule has 1 aromatic heterocycles. The summed E-state index contributed by atoms with van der Waals surface area (Å²) >= 11 is 1.42. The smallest absolute Gasteiger partial charge is 0.236 e. The van der Waals surface area contributed by atoms with E-state index in [1.807, 2.05) is 27.9 Å². The van der Waals surface area contributed by atoms with Gasteiger partial charge in [0, 0.05) is 19.1 Å². The molecule has 1 saturated heterocycles. The summed E-state index contributed by atoms with van der Waals surface area (Å²) in [6.45, 7) is 9.41. The Kier molecular flexibility index (Phi) is 9.17. The van der Waals surface area contributed by atoms with Crippen molar-refractivity contribution in [1.29, 1.82) is 0 Å². The molecule has 0 N–H and O–H groups in total. The van der Waals surface area contributed by atoms with E-state index in [4.69, 9.17) is 0 Å². The molecule has 0 bridgehead atoms. The number of carbonyl (C=O) groups excluding carboxylic acids is 1. The normalized spacial score (nSPS) is 20.4. The van der Waals surface area contributed by atoms with Crippen LogP contribution in [0.2, 0.25) is 0 Å². The number of nitrogens with zero attached hydrogens (tertiary/aromatic N) is 5. The van der Waals surface area contributed by atoms with Crippen LogP contribution < -0.4 is 0 Å². The largest absolute Gasteiger partial charge is 0.338 e. The standard InChI is InChI=1S/C20H37N5O3S2/c1-7-10-12-25-18(17(8-2)23(5)6)21-22-20(25)29-15(4)19(26)24(9-3)16-11-13-30(27,28)14-16/h15-17H,7-14H2,1-6H3. The molecule has 1 aliphatic rings. The molecule has 0 aromatic carbocycles. The lowest BCUT2D eigenvalue weighted by molar-refractivity contribution is -0.131. The quantitative estimate of drug-likeness (QED) is 0.470. The molecule has 0 radical (unpaired) electrons. The molecule has 3 unspecified atom stereocenters. The lowest BCUT2D eigenvalue weighted by atomic mass is 10.2. The maximum atomic E-state index is 13.2. The first kappa shape index (κ1) is 25.1. The zero-order chi connectivity index (χ0) is 22.5. The highest BCUT2D eigenvalue weighted by Crippen LogP contribution is 2.29. The van der Waals surface area contributed by atoms with Gasteiger partial charge in [-0.3, -0.25) is 9.69 Å². The van der Waals surface area contributed by atoms with Crippen LogP contribution in [0.3, 0.4) is 0 Å². The third-order valence-electron chi connectivity index (χ3n) is 5.69. The molecule has 1 aromatic rings. The van der Waals surface area contributed by atoms with E-state index in [9.17, 15) is 13.2 Å². The summed E-state index contributed by atoms with van der Waals surface area (Å²) in [6.07, 6.45) is 3.54. The molecule has 10 heteroatoms. The third kappa shape index (κ3) is 5.97. The zero-order valence-corrected chi connectivity index (χ0v) is 20.8. The minimum absolute atomic E-state index is 0.0316. The molecule has 0 spiro atoms. The Hall–Kier alpha value is -1.13. The van der Waals surface area contributed by atoms with E-state index in [0.29, 0.717) is 13.0 Å². The fourth-order valence-electron chi connectivity index (χ4n) is 4.00. The molecule has 3 atom stereocenters. The molecule has 0 aliphatic carbocycles. The van der Waals surface area contributed by atoms with Crippen molar-refractivity contribution in [3.05, 3.63) is 5.82 Å². The van der Waals surface area contributed by atoms with E-state index in [1.165, 1.54) is 11.8 Å². The van der Waals surface area contributed by atoms with E-state index in [0.717, 1.165) is 36.8 Å². The number of sulfone groups is 1. The van der Waals surface area contributed by atoms with Crippen LogP contribution in [0.15, 0.2) is 5.16 Å². The molecule has 1 amide bonds. The number of carbonyl (C=O) groups is 1. The van der Waals surface area contributed by atoms with Gasteiger partial charge in [0.25, 0.3) is 0 Å². The molecule has 1 fully saturated rings. The second kappa shape index (κ2) is 10.9. The molecule has 2 heterocycles. The van der Waals surface area contributed by atoms with Gasteiger partial charge in [0.2, 0.25) is 5.91 Å². The highest BCUT2D eigenvalue weighted by atomic mass is 32.2. The van der Waals surface area contributed by atoms with Crippen molar-refractivity contribution in [1.82, 2.24) is 24.6 Å². The van der Waals surface area contributed by atoms with Crippen LogP contribution in [0.4, 0.5) is 0 Å². The summed E-state index contributed by atoms with van der Waals surface area (Å²) in [7, 11) is 1.05. The lowest BCUT2D eigenvalue weighted by Crippen LogP contribution is -2.44. The molecule has 30 heavy (non-hydrogen) atoms. The SMILES string of the molecule is CCCCn1c(SC(C)C(=O)N(CC)C2CCS(=O)(=O)C2)nnc1C(CC)N(C)C. The molecule has 8 nitrogen and oxygen atoms in total. The minimum atomic E-state index is -3.03. The first-order chi connectivity index (χ1) is 14.1. The predicted molar refractivity (Wildman–Crippen MR) is 121 cm³/mol. The number of thioether (sulfide) groups is 1. The van der Waals surface area contributed by atoms with Gasteiger partial charge in [0.15, 0.2) is 20.8 Å². The van der Waals surface area contributed by atoms with Crippen LogP contribution in [-0.2, 0) is 21.2 Å². The number of rotatable bonds is 11. The average Bonchev–Trinajstić information content (AvgIpc) is 3.23. The summed E-state index contributed by atoms with van der Waals surface area (Å²) in [5.74, 6) is 1.14. The van der Waals surface area contributed by atoms with Gasteiger partial charge in [-0.1, -0.05) is 32.0 Å². The van der Waals surface area contributed by atoms with Crippen molar-refractivity contribution in [2.75, 3.05) is 32.1 Å². The summed E-state index contributed by atoms with van der Waals surface area (Å²) in [5, 5.41) is 9.32. The number of aromatic nitrogens is 3. The van der Waals surface area contributed by atoms with Crippen LogP contribution in [0.25, 0.3) is 0 Å². The van der Waals surface area contributed by atoms with E-state index < -0.39 is 9.84 Å². The van der Waals surface area contributed by atoms with Gasteiger partial charge >= 0.3 is 0 Å². The molecule has 0 saturated carbocycles. The average molecular weight is 460 g/mol. The number of hydrogen-bond donors (Lipinski definition) is 0. The van der Waals surface area contributed by atoms with Gasteiger partial charge in [-0.25, -0.2) is 8.42 Å². The second-order valence-corrected chi connectivity index (χ2v) is 11.7. The fraction of sp³-hybridized carbons (Fsp3) is 0.850. The second-order valence-electron chi connectivity index (χ2n) is 8.17. The van der Waals surface area contributed by atoms with Gasteiger partial charge in [-0.15, -0.1) is 10.2 Å². The molecular formula is C20H37N5O3S2. The fourth-order valence-corrected chi connectivity index (χ4v) is 6.68. The number of unbranched alkanes of at least 4 members (excludes halogenated alkanes) is 1. The van der Waals surface area contributed by atoms with Gasteiger partial charge in [-0.05, 0) is 47.2 Å². The highest BCUT2D eigenvalue weighted by molar-refractivity contribution is 8.00. The molecule has 172 valence electrons. The van der Waals surface area contributed by atoms with Crippen LogP contribution in [-0.4, -0.2) is 82.3 Å². The third-order valence-corrected chi connectivity index (χ3v) is 8.51. The summed E-state index contributed by atoms with van der Waals surface area (Å²) in [5.41, 5.74) is 0. The Labute approximate surface area is 185 Å². The monoisotopic (exact) mass is 459 g/mol. The van der Waals surface area contributed by atoms with Crippen molar-refractivity contribution in [3.8, 4) is 0 Å². The molecule has 1 aliphatic heterocycles. The van der Waals surface area contributed by atoms with Crippen molar-refractivity contribution in [2.45, 2.75) is 82.4 Å². The summed E-state index contributed by atoms with van der Waals surface area (Å²) in [4.78, 5) is 17.0. The van der Waals surface area contributed by atoms with Crippen LogP contribution in [0, 0.1) is 0 Å². The molecule has 2 rings (SSSR count). The molecular weight excluding hydrogens is 422 g/mol. The predicted octanol–water partition coefficient (Wildman–Crippen LogP) is 2.61. The maximum Gasteiger partial charge on any atom is 0.236 e. The Morgan fingerprint density at radius 2 is 1.97 bits per heavy atom. The topological polar surface area (TPSA) is 88.4 Å². The Morgan fingerprint density at radius 3 is 2.47 bits per heavy atom. The zero-order valence-electron chi connectivity index (χ0n) is 19.2. The highest BCUT2D eigenvalue weighted by Gasteiger charge is 2.36. The summed E-state index contributed by atoms with van der Waals surface area (Å²) < 4.78 is 25.9. The Bertz CT molecular complexity index is 809. The summed E-state index contributed by atoms with van der Waals surface area (Å²) in [6, 6.07) is -0.0483. The number of amides is 1. The van der Waals surface area contributed by atoms with E-state index >= 15 is 0 Å². The van der Waals surface area contributed by atoms with E-state index in [2.05, 4.69) is 33.5 Å². The van der Waals surface area contributed by atoms with Gasteiger partial charge in [0.05, 0.1) is 22.8 Å². The van der Waals surface area contributed by atoms with Crippen molar-refractivity contribution in [3.63, 3.8) is 0 Å². The van der Waals surface area contributed by atoms with Crippen molar-refractivity contribution in [2.24, 2.45) is 0 Å². The van der Waals surface area contributed by atoms with Crippen molar-refractivity contribution >= 4 is 27.5 Å². The maximum absolute atomic E-state index is 13.2. The van der Waals surface area contributed by atoms with E-state index in [1.54, 1.807) is 4.90 Å². The van der Waals surface area contributed by atoms with Crippen LogP contribution >= 0.6 is 11.8 Å². The van der Waals surface area contributed by atoms with Crippen LogP contribution in [0.5, 0.6) is 0 Å². The minimum Gasteiger partial charge on any atom is -0.338 e. The van der Waals surface area contributed by atoms with Crippen LogP contribution in [0.1, 0.15) is 65.2 Å². The van der Waals surface area contributed by atoms with Crippen molar-refractivity contribution < 1.29 is 13.2 Å². The number of hydrogen-bond acceptors (Lipinski definition) is 7. The first-order valence-electron chi connectivity index (χ1n) is 10.9. The Morgan fingerprint density at radius 1 is 1.27 bits per heavy atom. The van der Waals surface area contributed by atoms with Gasteiger partial charge in [0.1, 0.15) is 0 Å². The van der Waals surface area contributed by atoms with Gasteiger partial charge < -0.3 is 9.47 Å². The van der Waals surface area contributed by atoms with E-state index in [-0.39, 0.29) is 34.7 Å². The Balaban J connectivity index is 2.21. The lowest BCUT2D eigenvalue weighted by Gasteiger charge is -2.29.